The normalized spacial score (nSPS) is 10.9. The summed E-state index contributed by atoms with van der Waals surface area (Å²) >= 11 is 7.54. The molecule has 0 saturated carbocycles. The van der Waals surface area contributed by atoms with Gasteiger partial charge in [-0.15, -0.1) is 10.2 Å². The molecule has 0 radical (unpaired) electrons. The number of anilines is 2. The van der Waals surface area contributed by atoms with E-state index < -0.39 is 0 Å². The molecule has 0 fully saturated rings. The fourth-order valence-corrected chi connectivity index (χ4v) is 3.49. The van der Waals surface area contributed by atoms with Crippen molar-refractivity contribution in [2.24, 2.45) is 0 Å². The number of benzene rings is 2. The highest BCUT2D eigenvalue weighted by Gasteiger charge is 2.06. The van der Waals surface area contributed by atoms with Crippen molar-refractivity contribution in [1.82, 2.24) is 15.2 Å². The van der Waals surface area contributed by atoms with Gasteiger partial charge in [0.05, 0.1) is 15.9 Å². The first-order chi connectivity index (χ1) is 11.7. The molecule has 1 N–H and O–H groups in total. The molecule has 4 rings (SSSR count). The number of rotatable bonds is 3. The van der Waals surface area contributed by atoms with Crippen LogP contribution in [-0.4, -0.2) is 15.2 Å². The largest absolute Gasteiger partial charge is 0.315 e. The predicted octanol–water partition coefficient (Wildman–Crippen LogP) is 5.46. The molecule has 0 spiro atoms. The van der Waals surface area contributed by atoms with E-state index in [1.807, 2.05) is 42.5 Å². The van der Waals surface area contributed by atoms with Gasteiger partial charge in [0, 0.05) is 10.6 Å². The van der Waals surface area contributed by atoms with E-state index >= 15 is 0 Å². The van der Waals surface area contributed by atoms with Crippen LogP contribution >= 0.6 is 22.9 Å². The van der Waals surface area contributed by atoms with Crippen molar-refractivity contribution in [2.75, 3.05) is 5.32 Å². The molecule has 0 amide bonds. The monoisotopic (exact) mass is 352 g/mol. The minimum Gasteiger partial charge on any atom is -0.315 e. The van der Waals surface area contributed by atoms with E-state index in [1.165, 1.54) is 16.9 Å². The van der Waals surface area contributed by atoms with Gasteiger partial charge >= 0.3 is 0 Å². The SMILES string of the molecule is Cc1ccc(-c2ccc(Nc3nc4ccc(Cl)cc4s3)nn2)cc1. The Hall–Kier alpha value is -2.50. The summed E-state index contributed by atoms with van der Waals surface area (Å²) in [5.41, 5.74) is 4.03. The third kappa shape index (κ3) is 3.09. The van der Waals surface area contributed by atoms with Crippen molar-refractivity contribution < 1.29 is 0 Å². The predicted molar refractivity (Wildman–Crippen MR) is 100 cm³/mol. The van der Waals surface area contributed by atoms with Crippen molar-refractivity contribution in [3.05, 3.63) is 65.2 Å². The van der Waals surface area contributed by atoms with Gasteiger partial charge in [-0.3, -0.25) is 0 Å². The Morgan fingerprint density at radius 1 is 0.958 bits per heavy atom. The third-order valence-corrected chi connectivity index (χ3v) is 4.77. The Kier molecular flexibility index (Phi) is 3.88. The molecule has 2 aromatic heterocycles. The molecular weight excluding hydrogens is 340 g/mol. The van der Waals surface area contributed by atoms with Crippen molar-refractivity contribution in [2.45, 2.75) is 6.92 Å². The van der Waals surface area contributed by atoms with Crippen LogP contribution in [0, 0.1) is 6.92 Å². The molecule has 6 heteroatoms. The van der Waals surface area contributed by atoms with E-state index in [1.54, 1.807) is 0 Å². The van der Waals surface area contributed by atoms with Gasteiger partial charge in [-0.05, 0) is 37.3 Å². The molecular formula is C18H13ClN4S. The highest BCUT2D eigenvalue weighted by molar-refractivity contribution is 7.22. The zero-order valence-corrected chi connectivity index (χ0v) is 14.4. The van der Waals surface area contributed by atoms with Gasteiger partial charge in [0.25, 0.3) is 0 Å². The maximum absolute atomic E-state index is 6.01. The summed E-state index contributed by atoms with van der Waals surface area (Å²) in [6.07, 6.45) is 0. The lowest BCUT2D eigenvalue weighted by molar-refractivity contribution is 1.04. The van der Waals surface area contributed by atoms with Crippen LogP contribution in [0.25, 0.3) is 21.5 Å². The maximum Gasteiger partial charge on any atom is 0.189 e. The molecule has 2 heterocycles. The van der Waals surface area contributed by atoms with Gasteiger partial charge in [0.2, 0.25) is 0 Å². The molecule has 0 bridgehead atoms. The molecule has 4 aromatic rings. The molecule has 0 atom stereocenters. The zero-order chi connectivity index (χ0) is 16.5. The first kappa shape index (κ1) is 15.1. The first-order valence-electron chi connectivity index (χ1n) is 7.41. The average molecular weight is 353 g/mol. The molecule has 0 aliphatic heterocycles. The Balaban J connectivity index is 1.57. The van der Waals surface area contributed by atoms with Crippen LogP contribution in [0.1, 0.15) is 5.56 Å². The van der Waals surface area contributed by atoms with Gasteiger partial charge < -0.3 is 5.32 Å². The fraction of sp³-hybridized carbons (Fsp3) is 0.0556. The summed E-state index contributed by atoms with van der Waals surface area (Å²) in [5, 5.41) is 13.2. The van der Waals surface area contributed by atoms with E-state index in [4.69, 9.17) is 11.6 Å². The summed E-state index contributed by atoms with van der Waals surface area (Å²) in [7, 11) is 0. The van der Waals surface area contributed by atoms with E-state index in [-0.39, 0.29) is 0 Å². The topological polar surface area (TPSA) is 50.7 Å². The van der Waals surface area contributed by atoms with Gasteiger partial charge in [-0.2, -0.15) is 0 Å². The van der Waals surface area contributed by atoms with Crippen molar-refractivity contribution in [3.8, 4) is 11.3 Å². The minimum absolute atomic E-state index is 0.663. The number of thiazole rings is 1. The van der Waals surface area contributed by atoms with Crippen LogP contribution in [-0.2, 0) is 0 Å². The Morgan fingerprint density at radius 3 is 2.54 bits per heavy atom. The van der Waals surface area contributed by atoms with E-state index in [0.29, 0.717) is 10.8 Å². The van der Waals surface area contributed by atoms with Crippen LogP contribution in [0.5, 0.6) is 0 Å². The lowest BCUT2D eigenvalue weighted by Crippen LogP contribution is -1.95. The van der Waals surface area contributed by atoms with E-state index in [0.717, 1.165) is 26.6 Å². The highest BCUT2D eigenvalue weighted by Crippen LogP contribution is 2.30. The number of nitrogens with one attached hydrogen (secondary N) is 1. The number of fused-ring (bicyclic) bond motifs is 1. The van der Waals surface area contributed by atoms with E-state index in [9.17, 15) is 0 Å². The highest BCUT2D eigenvalue weighted by atomic mass is 35.5. The first-order valence-corrected chi connectivity index (χ1v) is 8.61. The quantitative estimate of drug-likeness (QED) is 0.532. The number of aryl methyl sites for hydroxylation is 1. The fourth-order valence-electron chi connectivity index (χ4n) is 2.34. The summed E-state index contributed by atoms with van der Waals surface area (Å²) < 4.78 is 1.04. The average Bonchev–Trinajstić information content (AvgIpc) is 2.98. The summed E-state index contributed by atoms with van der Waals surface area (Å²) in [6.45, 7) is 2.06. The molecule has 2 aromatic carbocycles. The van der Waals surface area contributed by atoms with Crippen LogP contribution in [0.4, 0.5) is 10.9 Å². The third-order valence-electron chi connectivity index (χ3n) is 3.60. The summed E-state index contributed by atoms with van der Waals surface area (Å²) in [6, 6.07) is 17.7. The second kappa shape index (κ2) is 6.19. The standard InChI is InChI=1S/C18H13ClN4S/c1-11-2-4-12(5-3-11)14-8-9-17(23-22-14)21-18-20-15-7-6-13(19)10-16(15)24-18/h2-10H,1H3,(H,20,21,23). The van der Waals surface area contributed by atoms with Gasteiger partial charge in [-0.1, -0.05) is 52.8 Å². The second-order valence-electron chi connectivity index (χ2n) is 5.43. The van der Waals surface area contributed by atoms with Crippen LogP contribution in [0.15, 0.2) is 54.6 Å². The molecule has 0 saturated heterocycles. The lowest BCUT2D eigenvalue weighted by Gasteiger charge is -2.03. The number of nitrogens with zero attached hydrogens (tertiary/aromatic N) is 3. The van der Waals surface area contributed by atoms with Crippen LogP contribution in [0.2, 0.25) is 5.02 Å². The van der Waals surface area contributed by atoms with Crippen LogP contribution < -0.4 is 5.32 Å². The Morgan fingerprint density at radius 2 is 1.79 bits per heavy atom. The summed E-state index contributed by atoms with van der Waals surface area (Å²) in [5.74, 6) is 0.663. The van der Waals surface area contributed by atoms with E-state index in [2.05, 4.69) is 39.6 Å². The number of hydrogen-bond donors (Lipinski definition) is 1. The van der Waals surface area contributed by atoms with Crippen LogP contribution in [0.3, 0.4) is 0 Å². The zero-order valence-electron chi connectivity index (χ0n) is 12.8. The van der Waals surface area contributed by atoms with Crippen molar-refractivity contribution in [1.29, 1.82) is 0 Å². The van der Waals surface area contributed by atoms with Gasteiger partial charge in [0.1, 0.15) is 0 Å². The Labute approximate surface area is 148 Å². The minimum atomic E-state index is 0.663. The molecule has 0 aliphatic carbocycles. The van der Waals surface area contributed by atoms with Gasteiger partial charge in [-0.25, -0.2) is 4.98 Å². The number of hydrogen-bond acceptors (Lipinski definition) is 5. The number of aromatic nitrogens is 3. The summed E-state index contributed by atoms with van der Waals surface area (Å²) in [4.78, 5) is 4.52. The maximum atomic E-state index is 6.01. The number of halogens is 1. The van der Waals surface area contributed by atoms with Gasteiger partial charge in [0.15, 0.2) is 10.9 Å². The Bertz CT molecular complexity index is 994. The lowest BCUT2D eigenvalue weighted by atomic mass is 10.1. The molecule has 4 nitrogen and oxygen atoms in total. The smallest absolute Gasteiger partial charge is 0.189 e. The molecule has 0 aliphatic rings. The molecule has 0 unspecified atom stereocenters. The molecule has 118 valence electrons. The van der Waals surface area contributed by atoms with Crippen molar-refractivity contribution >= 4 is 44.1 Å². The van der Waals surface area contributed by atoms with Crippen molar-refractivity contribution in [3.63, 3.8) is 0 Å². The molecule has 24 heavy (non-hydrogen) atoms. The second-order valence-corrected chi connectivity index (χ2v) is 6.89.